The lowest BCUT2D eigenvalue weighted by atomic mass is 10.1. The molecule has 0 saturated carbocycles. The zero-order valence-corrected chi connectivity index (χ0v) is 17.6. The number of phenols is 1. The molecule has 154 valence electrons. The normalized spacial score (nSPS) is 10.8. The third-order valence-corrected chi connectivity index (χ3v) is 4.22. The van der Waals surface area contributed by atoms with Crippen LogP contribution in [0, 0.1) is 24.0 Å². The van der Waals surface area contributed by atoms with Crippen molar-refractivity contribution < 1.29 is 24.3 Å². The largest absolute Gasteiger partial charge is 0.504 e. The van der Waals surface area contributed by atoms with Crippen LogP contribution in [-0.2, 0) is 4.79 Å². The van der Waals surface area contributed by atoms with E-state index in [0.717, 1.165) is 33.9 Å². The number of carbonyl (C=O) groups excluding carboxylic acids is 1. The van der Waals surface area contributed by atoms with Gasteiger partial charge in [-0.15, -0.1) is 0 Å². The van der Waals surface area contributed by atoms with Crippen LogP contribution in [0.4, 0.5) is 5.69 Å². The van der Waals surface area contributed by atoms with Crippen molar-refractivity contribution >= 4 is 33.7 Å². The first-order chi connectivity index (χ1) is 13.7. The van der Waals surface area contributed by atoms with Gasteiger partial charge in [0.2, 0.25) is 0 Å². The Hall–Kier alpha value is -3.14. The van der Waals surface area contributed by atoms with Crippen molar-refractivity contribution in [1.29, 1.82) is 0 Å². The fourth-order valence-corrected chi connectivity index (χ4v) is 3.24. The molecule has 0 aliphatic heterocycles. The number of hydrogen-bond acceptors (Lipinski definition) is 7. The Morgan fingerprint density at radius 3 is 2.52 bits per heavy atom. The van der Waals surface area contributed by atoms with Crippen LogP contribution in [0.3, 0.4) is 0 Å². The number of aryl methyl sites for hydroxylation is 2. The van der Waals surface area contributed by atoms with Crippen LogP contribution in [0.5, 0.6) is 17.2 Å². The Kier molecular flexibility index (Phi) is 7.54. The SMILES string of the molecule is CCOc1cc([N+](=O)[O-])cc(C=NNC(=O)COc2c(C)cc(Br)cc2C)c1O. The average Bonchev–Trinajstić information content (AvgIpc) is 2.63. The number of hydrazone groups is 1. The molecule has 29 heavy (non-hydrogen) atoms. The minimum Gasteiger partial charge on any atom is -0.504 e. The Labute approximate surface area is 175 Å². The standard InChI is InChI=1S/C19H20BrN3O6/c1-4-28-16-8-15(23(26)27)7-13(18(16)25)9-21-22-17(24)10-29-19-11(2)5-14(20)6-12(19)3/h5-9,25H,4,10H2,1-3H3,(H,22,24). The van der Waals surface area contributed by atoms with Gasteiger partial charge in [-0.25, -0.2) is 5.43 Å². The van der Waals surface area contributed by atoms with Gasteiger partial charge in [-0.1, -0.05) is 15.9 Å². The van der Waals surface area contributed by atoms with Crippen LogP contribution in [0.2, 0.25) is 0 Å². The zero-order valence-electron chi connectivity index (χ0n) is 16.1. The number of nitro groups is 1. The summed E-state index contributed by atoms with van der Waals surface area (Å²) in [4.78, 5) is 22.4. The van der Waals surface area contributed by atoms with Crippen molar-refractivity contribution in [3.63, 3.8) is 0 Å². The topological polar surface area (TPSA) is 123 Å². The molecule has 2 rings (SSSR count). The lowest BCUT2D eigenvalue weighted by Crippen LogP contribution is -2.25. The molecule has 0 radical (unpaired) electrons. The van der Waals surface area contributed by atoms with Gasteiger partial charge in [0.05, 0.1) is 23.8 Å². The number of amides is 1. The summed E-state index contributed by atoms with van der Waals surface area (Å²) in [5, 5.41) is 24.9. The van der Waals surface area contributed by atoms with Crippen molar-refractivity contribution in [2.45, 2.75) is 20.8 Å². The number of hydrogen-bond donors (Lipinski definition) is 2. The van der Waals surface area contributed by atoms with E-state index in [0.29, 0.717) is 5.75 Å². The number of ether oxygens (including phenoxy) is 2. The Morgan fingerprint density at radius 1 is 1.28 bits per heavy atom. The number of nitro benzene ring substituents is 1. The van der Waals surface area contributed by atoms with E-state index >= 15 is 0 Å². The lowest BCUT2D eigenvalue weighted by Gasteiger charge is -2.12. The number of rotatable bonds is 8. The molecule has 2 aromatic rings. The molecule has 2 N–H and O–H groups in total. The van der Waals surface area contributed by atoms with Crippen LogP contribution in [0.1, 0.15) is 23.6 Å². The first kappa shape index (κ1) is 22.2. The van der Waals surface area contributed by atoms with E-state index in [9.17, 15) is 20.0 Å². The van der Waals surface area contributed by atoms with E-state index in [1.165, 1.54) is 0 Å². The van der Waals surface area contributed by atoms with Crippen LogP contribution < -0.4 is 14.9 Å². The molecule has 0 heterocycles. The van der Waals surface area contributed by atoms with Gasteiger partial charge in [0, 0.05) is 16.1 Å². The highest BCUT2D eigenvalue weighted by Gasteiger charge is 2.16. The molecule has 0 spiro atoms. The summed E-state index contributed by atoms with van der Waals surface area (Å²) in [5.41, 5.74) is 3.76. The molecule has 0 aromatic heterocycles. The number of nitrogens with zero attached hydrogens (tertiary/aromatic N) is 2. The number of aromatic hydroxyl groups is 1. The molecule has 0 bridgehead atoms. The third-order valence-electron chi connectivity index (χ3n) is 3.77. The molecule has 9 nitrogen and oxygen atoms in total. The number of phenolic OH excluding ortho intramolecular Hbond substituents is 1. The molecule has 0 aliphatic carbocycles. The van der Waals surface area contributed by atoms with E-state index in [1.54, 1.807) is 6.92 Å². The maximum atomic E-state index is 12.0. The molecule has 2 aromatic carbocycles. The van der Waals surface area contributed by atoms with Crippen molar-refractivity contribution in [3.8, 4) is 17.2 Å². The first-order valence-corrected chi connectivity index (χ1v) is 9.37. The fourth-order valence-electron chi connectivity index (χ4n) is 2.55. The van der Waals surface area contributed by atoms with Crippen LogP contribution in [-0.4, -0.2) is 35.4 Å². The van der Waals surface area contributed by atoms with Crippen molar-refractivity contribution in [2.75, 3.05) is 13.2 Å². The first-order valence-electron chi connectivity index (χ1n) is 8.58. The molecule has 0 aliphatic rings. The highest BCUT2D eigenvalue weighted by atomic mass is 79.9. The van der Waals surface area contributed by atoms with Crippen molar-refractivity contribution in [2.24, 2.45) is 5.10 Å². The van der Waals surface area contributed by atoms with E-state index in [2.05, 4.69) is 26.5 Å². The smallest absolute Gasteiger partial charge is 0.277 e. The van der Waals surface area contributed by atoms with Gasteiger partial charge in [-0.05, 0) is 44.0 Å². The summed E-state index contributed by atoms with van der Waals surface area (Å²) < 4.78 is 11.6. The summed E-state index contributed by atoms with van der Waals surface area (Å²) in [6, 6.07) is 5.99. The monoisotopic (exact) mass is 465 g/mol. The van der Waals surface area contributed by atoms with Crippen LogP contribution in [0.25, 0.3) is 0 Å². The Bertz CT molecular complexity index is 938. The van der Waals surface area contributed by atoms with Gasteiger partial charge in [-0.3, -0.25) is 14.9 Å². The molecule has 0 atom stereocenters. The summed E-state index contributed by atoms with van der Waals surface area (Å²) in [6.07, 6.45) is 1.10. The number of halogens is 1. The minimum atomic E-state index is -0.616. The van der Waals surface area contributed by atoms with Crippen molar-refractivity contribution in [1.82, 2.24) is 5.43 Å². The summed E-state index contributed by atoms with van der Waals surface area (Å²) in [5.74, 6) is -0.283. The van der Waals surface area contributed by atoms with E-state index < -0.39 is 10.8 Å². The molecule has 0 saturated heterocycles. The second-order valence-corrected chi connectivity index (χ2v) is 6.94. The highest BCUT2D eigenvalue weighted by Crippen LogP contribution is 2.33. The maximum absolute atomic E-state index is 12.0. The predicted octanol–water partition coefficient (Wildman–Crippen LogP) is 3.61. The summed E-state index contributed by atoms with van der Waals surface area (Å²) in [6.45, 7) is 5.36. The number of non-ortho nitro benzene ring substituents is 1. The van der Waals surface area contributed by atoms with E-state index in [1.807, 2.05) is 26.0 Å². The van der Waals surface area contributed by atoms with E-state index in [-0.39, 0.29) is 36.0 Å². The van der Waals surface area contributed by atoms with Crippen LogP contribution in [0.15, 0.2) is 33.8 Å². The van der Waals surface area contributed by atoms with Crippen LogP contribution >= 0.6 is 15.9 Å². The number of benzene rings is 2. The summed E-state index contributed by atoms with van der Waals surface area (Å²) in [7, 11) is 0. The second kappa shape index (κ2) is 9.87. The molecular weight excluding hydrogens is 446 g/mol. The molecular formula is C19H20BrN3O6. The Morgan fingerprint density at radius 2 is 1.93 bits per heavy atom. The highest BCUT2D eigenvalue weighted by molar-refractivity contribution is 9.10. The average molecular weight is 466 g/mol. The quantitative estimate of drug-likeness (QED) is 0.348. The molecule has 10 heteroatoms. The van der Waals surface area contributed by atoms with Gasteiger partial charge in [0.25, 0.3) is 11.6 Å². The van der Waals surface area contributed by atoms with Gasteiger partial charge >= 0.3 is 0 Å². The van der Waals surface area contributed by atoms with Gasteiger partial charge in [0.1, 0.15) is 5.75 Å². The fraction of sp³-hybridized carbons (Fsp3) is 0.263. The predicted molar refractivity (Wildman–Crippen MR) is 111 cm³/mol. The second-order valence-electron chi connectivity index (χ2n) is 6.02. The third kappa shape index (κ3) is 5.92. The van der Waals surface area contributed by atoms with E-state index in [4.69, 9.17) is 9.47 Å². The summed E-state index contributed by atoms with van der Waals surface area (Å²) >= 11 is 3.39. The van der Waals surface area contributed by atoms with Crippen molar-refractivity contribution in [3.05, 3.63) is 55.5 Å². The lowest BCUT2D eigenvalue weighted by molar-refractivity contribution is -0.385. The van der Waals surface area contributed by atoms with Gasteiger partial charge < -0.3 is 14.6 Å². The zero-order chi connectivity index (χ0) is 21.6. The minimum absolute atomic E-state index is 0.0310. The Balaban J connectivity index is 2.06. The molecule has 1 amide bonds. The molecule has 0 unspecified atom stereocenters. The van der Waals surface area contributed by atoms with Gasteiger partial charge in [-0.2, -0.15) is 5.10 Å². The number of carbonyl (C=O) groups is 1. The number of nitrogens with one attached hydrogen (secondary N) is 1. The molecule has 0 fully saturated rings. The maximum Gasteiger partial charge on any atom is 0.277 e. The van der Waals surface area contributed by atoms with Gasteiger partial charge in [0.15, 0.2) is 18.1 Å².